The average Bonchev–Trinajstić information content (AvgIpc) is 2.20. The van der Waals surface area contributed by atoms with Crippen LogP contribution in [0.5, 0.6) is 0 Å². The summed E-state index contributed by atoms with van der Waals surface area (Å²) in [5, 5.41) is 2.36. The van der Waals surface area contributed by atoms with Crippen molar-refractivity contribution in [2.24, 2.45) is 0 Å². The van der Waals surface area contributed by atoms with Crippen LogP contribution in [0.2, 0.25) is 0 Å². The van der Waals surface area contributed by atoms with Crippen molar-refractivity contribution >= 4 is 79.4 Å². The lowest BCUT2D eigenvalue weighted by Gasteiger charge is -2.36. The minimum Gasteiger partial charge on any atom is -0.399 e. The van der Waals surface area contributed by atoms with E-state index in [-0.39, 0.29) is 0 Å². The second-order valence-electron chi connectivity index (χ2n) is 22.2. The number of halogens is 1. The topological polar surface area (TPSA) is 104 Å². The number of hydrogen-bond donors (Lipinski definition) is 0. The minimum atomic E-state index is -0.718. The number of hydrogen-bond acceptors (Lipinski definition) is 10. The first-order chi connectivity index (χ1) is 41.6. The van der Waals surface area contributed by atoms with Crippen molar-refractivity contribution in [2.45, 2.75) is 48.2 Å². The molecule has 10 aromatic carbocycles. The number of rotatable bonds is 11. The van der Waals surface area contributed by atoms with E-state index in [4.69, 9.17) is 39.2 Å². The van der Waals surface area contributed by atoms with E-state index in [9.17, 15) is 0 Å². The molecule has 0 amide bonds. The lowest BCUT2D eigenvalue weighted by molar-refractivity contribution is -0.00876. The summed E-state index contributed by atoms with van der Waals surface area (Å²) in [7, 11) is -0.612. The van der Waals surface area contributed by atoms with E-state index >= 15 is 0 Å². The second kappa shape index (κ2) is 21.4. The van der Waals surface area contributed by atoms with Gasteiger partial charge in [-0.3, -0.25) is 4.90 Å². The molecule has 2 aliphatic rings. The van der Waals surface area contributed by atoms with E-state index in [0.717, 1.165) is 92.3 Å². The molecule has 3 aromatic heterocycles. The van der Waals surface area contributed by atoms with E-state index in [2.05, 4.69) is 204 Å². The zero-order valence-corrected chi connectivity index (χ0v) is 49.0. The standard InChI is InChI=1S/C72H52BBrN8O2S/c1-71(2)72(3,45-46-20-17-28-52(40-46)68-75-65(47-21-7-4-8-22-47)76-69(78-68)53-29-19-31-56(42-53)81-59-33-14-13-32-57(59)58-44-55(74)37-39-60(58)81)84-73(83-71)54-30-18-27-50(41-54)51-36-38-62-64(43-51)85-63-35-16-15-34-61(63)82(62)70-79-66(48-23-9-5-10-24-48)77-67(80-70)49-25-11-6-12-26-49/h4-44H,45H2,1-3H3. The number of anilines is 3. The Balaban J connectivity index is 0.725. The quantitative estimate of drug-likeness (QED) is 0.116. The van der Waals surface area contributed by atoms with Gasteiger partial charge in [0.1, 0.15) is 0 Å². The Kier molecular flexibility index (Phi) is 13.2. The second-order valence-corrected chi connectivity index (χ2v) is 24.1. The van der Waals surface area contributed by atoms with Crippen LogP contribution in [0.15, 0.2) is 263 Å². The predicted octanol–water partition coefficient (Wildman–Crippen LogP) is 17.4. The molecule has 85 heavy (non-hydrogen) atoms. The van der Waals surface area contributed by atoms with Gasteiger partial charge in [-0.2, -0.15) is 9.97 Å². The number of para-hydroxylation sites is 2. The van der Waals surface area contributed by atoms with E-state index in [1.807, 2.05) is 91.0 Å². The maximum atomic E-state index is 7.12. The summed E-state index contributed by atoms with van der Waals surface area (Å²) in [6.07, 6.45) is 0.575. The minimum absolute atomic E-state index is 0.546. The van der Waals surface area contributed by atoms with Crippen molar-refractivity contribution in [2.75, 3.05) is 4.90 Å². The molecule has 5 heterocycles. The number of benzene rings is 10. The lowest BCUT2D eigenvalue weighted by Crippen LogP contribution is -2.46. The van der Waals surface area contributed by atoms with Crippen LogP contribution in [-0.2, 0) is 15.7 Å². The van der Waals surface area contributed by atoms with Crippen molar-refractivity contribution in [1.29, 1.82) is 0 Å². The normalized spacial score (nSPS) is 15.3. The monoisotopic (exact) mass is 1180 g/mol. The predicted molar refractivity (Wildman–Crippen MR) is 347 cm³/mol. The van der Waals surface area contributed by atoms with Crippen LogP contribution in [0, 0.1) is 0 Å². The van der Waals surface area contributed by atoms with Crippen molar-refractivity contribution in [3.05, 3.63) is 259 Å². The van der Waals surface area contributed by atoms with Crippen LogP contribution in [0.3, 0.4) is 0 Å². The molecule has 0 saturated carbocycles. The first kappa shape index (κ1) is 52.4. The van der Waals surface area contributed by atoms with Gasteiger partial charge in [0.2, 0.25) is 5.95 Å². The van der Waals surface area contributed by atoms with Crippen LogP contribution in [0.4, 0.5) is 17.3 Å². The molecule has 10 nitrogen and oxygen atoms in total. The third-order valence-electron chi connectivity index (χ3n) is 16.3. The Morgan fingerprint density at radius 1 is 0.424 bits per heavy atom. The van der Waals surface area contributed by atoms with Crippen molar-refractivity contribution in [1.82, 2.24) is 34.5 Å². The highest BCUT2D eigenvalue weighted by molar-refractivity contribution is 9.10. The van der Waals surface area contributed by atoms with Gasteiger partial charge < -0.3 is 13.9 Å². The van der Waals surface area contributed by atoms with Crippen molar-refractivity contribution < 1.29 is 9.31 Å². The molecule has 0 aliphatic carbocycles. The summed E-state index contributed by atoms with van der Waals surface area (Å²) in [5.74, 6) is 3.52. The molecular formula is C72H52BBrN8O2S. The van der Waals surface area contributed by atoms with Gasteiger partial charge in [0, 0.05) is 65.0 Å². The molecule has 1 saturated heterocycles. The molecule has 0 spiro atoms. The van der Waals surface area contributed by atoms with Crippen molar-refractivity contribution in [3.63, 3.8) is 0 Å². The third kappa shape index (κ3) is 9.78. The molecule has 1 fully saturated rings. The van der Waals surface area contributed by atoms with Gasteiger partial charge in [-0.05, 0) is 110 Å². The maximum absolute atomic E-state index is 7.12. The molecule has 0 bridgehead atoms. The van der Waals surface area contributed by atoms with E-state index in [0.29, 0.717) is 41.5 Å². The number of nitrogens with zero attached hydrogens (tertiary/aromatic N) is 8. The van der Waals surface area contributed by atoms with Gasteiger partial charge in [0.15, 0.2) is 29.1 Å². The fourth-order valence-corrected chi connectivity index (χ4v) is 13.1. The molecule has 408 valence electrons. The zero-order chi connectivity index (χ0) is 57.2. The van der Waals surface area contributed by atoms with Gasteiger partial charge in [0.25, 0.3) is 0 Å². The van der Waals surface area contributed by atoms with Gasteiger partial charge in [-0.15, -0.1) is 0 Å². The third-order valence-corrected chi connectivity index (χ3v) is 17.9. The summed E-state index contributed by atoms with van der Waals surface area (Å²) < 4.78 is 17.4. The molecule has 15 rings (SSSR count). The van der Waals surface area contributed by atoms with Crippen LogP contribution in [0.25, 0.3) is 95.6 Å². The Bertz CT molecular complexity index is 4660. The Labute approximate surface area is 505 Å². The lowest BCUT2D eigenvalue weighted by atomic mass is 9.78. The highest BCUT2D eigenvalue weighted by Crippen LogP contribution is 2.52. The van der Waals surface area contributed by atoms with Gasteiger partial charge in [0.05, 0.1) is 33.6 Å². The summed E-state index contributed by atoms with van der Waals surface area (Å²) in [5.41, 5.74) is 12.5. The van der Waals surface area contributed by atoms with Crippen LogP contribution >= 0.6 is 27.7 Å². The summed E-state index contributed by atoms with van der Waals surface area (Å²) in [6, 6.07) is 85.8. The fourth-order valence-electron chi connectivity index (χ4n) is 11.7. The van der Waals surface area contributed by atoms with Crippen LogP contribution < -0.4 is 10.4 Å². The summed E-state index contributed by atoms with van der Waals surface area (Å²) >= 11 is 5.45. The Morgan fingerprint density at radius 2 is 0.965 bits per heavy atom. The SMILES string of the molecule is CC1(C)OB(c2cccc(-c3ccc4c(c3)Sc3ccccc3N4c3nc(-c4ccccc4)nc(-c4ccccc4)n3)c2)OC1(C)Cc1cccc(-c2nc(-c3ccccc3)nc(-c3cccc(-n4c5ccccc5c5cc(Br)ccc54)c3)n2)c1. The molecule has 0 radical (unpaired) electrons. The largest absolute Gasteiger partial charge is 0.494 e. The average molecular weight is 1180 g/mol. The van der Waals surface area contributed by atoms with Gasteiger partial charge >= 0.3 is 7.12 Å². The Hall–Kier alpha value is -9.37. The number of fused-ring (bicyclic) bond motifs is 5. The van der Waals surface area contributed by atoms with Gasteiger partial charge in [-0.25, -0.2) is 19.9 Å². The molecular weight excluding hydrogens is 1130 g/mol. The van der Waals surface area contributed by atoms with E-state index in [1.54, 1.807) is 11.8 Å². The maximum Gasteiger partial charge on any atom is 0.494 e. The molecule has 0 N–H and O–H groups in total. The molecule has 1 unspecified atom stereocenters. The number of aromatic nitrogens is 7. The zero-order valence-electron chi connectivity index (χ0n) is 46.6. The fraction of sp³-hybridized carbons (Fsp3) is 0.0833. The molecule has 13 heteroatoms. The Morgan fingerprint density at radius 3 is 1.67 bits per heavy atom. The van der Waals surface area contributed by atoms with E-state index < -0.39 is 18.3 Å². The highest BCUT2D eigenvalue weighted by Gasteiger charge is 2.54. The molecule has 13 aromatic rings. The highest BCUT2D eigenvalue weighted by atomic mass is 79.9. The van der Waals surface area contributed by atoms with Gasteiger partial charge in [-0.1, -0.05) is 210 Å². The molecule has 2 aliphatic heterocycles. The molecule has 1 atom stereocenters. The summed E-state index contributed by atoms with van der Waals surface area (Å²) in [4.78, 5) is 35.2. The van der Waals surface area contributed by atoms with Crippen molar-refractivity contribution in [3.8, 4) is 73.8 Å². The first-order valence-electron chi connectivity index (χ1n) is 28.3. The van der Waals surface area contributed by atoms with Crippen LogP contribution in [-0.4, -0.2) is 52.8 Å². The van der Waals surface area contributed by atoms with E-state index in [1.165, 1.54) is 10.8 Å². The first-order valence-corrected chi connectivity index (χ1v) is 29.9. The summed E-state index contributed by atoms with van der Waals surface area (Å²) in [6.45, 7) is 6.41. The van der Waals surface area contributed by atoms with Crippen LogP contribution in [0.1, 0.15) is 26.3 Å². The smallest absolute Gasteiger partial charge is 0.399 e.